The first kappa shape index (κ1) is 14.8. The minimum atomic E-state index is -0.187. The smallest absolute Gasteiger partial charge is 0.228 e. The summed E-state index contributed by atoms with van der Waals surface area (Å²) in [7, 11) is 0. The van der Waals surface area contributed by atoms with Gasteiger partial charge in [0.15, 0.2) is 0 Å². The minimum Gasteiger partial charge on any atom is -0.352 e. The molecule has 19 heavy (non-hydrogen) atoms. The topological polar surface area (TPSA) is 41.1 Å². The second-order valence-electron chi connectivity index (χ2n) is 7.50. The third-order valence-corrected chi connectivity index (χ3v) is 5.56. The fourth-order valence-corrected chi connectivity index (χ4v) is 3.72. The highest BCUT2D eigenvalue weighted by Gasteiger charge is 2.45. The van der Waals surface area contributed by atoms with Gasteiger partial charge in [0.05, 0.1) is 5.41 Å². The zero-order chi connectivity index (χ0) is 14.1. The maximum atomic E-state index is 12.8. The van der Waals surface area contributed by atoms with Crippen LogP contribution in [0.2, 0.25) is 0 Å². The SMILES string of the molecule is CC(C)C1(C(=O)NC2CCCCC2(C)C)CCNC1. The van der Waals surface area contributed by atoms with Crippen LogP contribution in [0.15, 0.2) is 0 Å². The number of nitrogens with one attached hydrogen (secondary N) is 2. The number of hydrogen-bond donors (Lipinski definition) is 2. The zero-order valence-corrected chi connectivity index (χ0v) is 13.0. The van der Waals surface area contributed by atoms with Crippen LogP contribution in [0, 0.1) is 16.7 Å². The molecule has 0 spiro atoms. The quantitative estimate of drug-likeness (QED) is 0.824. The van der Waals surface area contributed by atoms with Crippen molar-refractivity contribution in [1.82, 2.24) is 10.6 Å². The van der Waals surface area contributed by atoms with Gasteiger partial charge in [-0.15, -0.1) is 0 Å². The lowest BCUT2D eigenvalue weighted by Crippen LogP contribution is -2.54. The number of carbonyl (C=O) groups is 1. The van der Waals surface area contributed by atoms with E-state index in [4.69, 9.17) is 0 Å². The first-order chi connectivity index (χ1) is 8.88. The lowest BCUT2D eigenvalue weighted by molar-refractivity contribution is -0.134. The second kappa shape index (κ2) is 5.43. The maximum Gasteiger partial charge on any atom is 0.228 e. The van der Waals surface area contributed by atoms with Gasteiger partial charge in [0.1, 0.15) is 0 Å². The normalized spacial score (nSPS) is 34.5. The van der Waals surface area contributed by atoms with Gasteiger partial charge in [0.2, 0.25) is 5.91 Å². The van der Waals surface area contributed by atoms with E-state index < -0.39 is 0 Å². The predicted molar refractivity (Wildman–Crippen MR) is 78.9 cm³/mol. The summed E-state index contributed by atoms with van der Waals surface area (Å²) in [6.45, 7) is 10.8. The highest BCUT2D eigenvalue weighted by Crippen LogP contribution is 2.38. The third-order valence-electron chi connectivity index (χ3n) is 5.56. The van der Waals surface area contributed by atoms with Crippen molar-refractivity contribution >= 4 is 5.91 Å². The molecule has 0 radical (unpaired) electrons. The molecule has 3 heteroatoms. The Hall–Kier alpha value is -0.570. The number of amides is 1. The number of carbonyl (C=O) groups excluding carboxylic acids is 1. The van der Waals surface area contributed by atoms with Gasteiger partial charge >= 0.3 is 0 Å². The van der Waals surface area contributed by atoms with Crippen molar-refractivity contribution in [1.29, 1.82) is 0 Å². The summed E-state index contributed by atoms with van der Waals surface area (Å²) in [5.41, 5.74) is 0.0612. The van der Waals surface area contributed by atoms with Crippen LogP contribution in [0.1, 0.15) is 59.8 Å². The zero-order valence-electron chi connectivity index (χ0n) is 13.0. The molecule has 1 saturated carbocycles. The van der Waals surface area contributed by atoms with Crippen LogP contribution in [0.4, 0.5) is 0 Å². The number of rotatable bonds is 3. The Morgan fingerprint density at radius 1 is 1.26 bits per heavy atom. The lowest BCUT2D eigenvalue weighted by Gasteiger charge is -2.41. The van der Waals surface area contributed by atoms with Crippen LogP contribution >= 0.6 is 0 Å². The summed E-state index contributed by atoms with van der Waals surface area (Å²) in [5.74, 6) is 0.682. The molecule has 2 unspecified atom stereocenters. The average molecular weight is 266 g/mol. The molecular formula is C16H30N2O. The molecule has 2 rings (SSSR count). The molecule has 1 heterocycles. The summed E-state index contributed by atoms with van der Waals surface area (Å²) in [4.78, 5) is 12.8. The first-order valence-electron chi connectivity index (χ1n) is 7.90. The maximum absolute atomic E-state index is 12.8. The van der Waals surface area contributed by atoms with Crippen molar-refractivity contribution < 1.29 is 4.79 Å². The van der Waals surface area contributed by atoms with Crippen LogP contribution in [-0.2, 0) is 4.79 Å². The molecule has 2 N–H and O–H groups in total. The molecule has 0 aromatic carbocycles. The molecule has 2 fully saturated rings. The summed E-state index contributed by atoms with van der Waals surface area (Å²) in [6, 6.07) is 0.352. The van der Waals surface area contributed by atoms with Crippen LogP contribution in [0.25, 0.3) is 0 Å². The van der Waals surface area contributed by atoms with E-state index in [1.165, 1.54) is 19.3 Å². The molecule has 0 bridgehead atoms. The predicted octanol–water partition coefficient (Wildman–Crippen LogP) is 2.71. The van der Waals surface area contributed by atoms with Gasteiger partial charge in [0.25, 0.3) is 0 Å². The van der Waals surface area contributed by atoms with E-state index in [9.17, 15) is 4.79 Å². The molecule has 3 nitrogen and oxygen atoms in total. The van der Waals surface area contributed by atoms with E-state index in [1.807, 2.05) is 0 Å². The van der Waals surface area contributed by atoms with Crippen LogP contribution < -0.4 is 10.6 Å². The summed E-state index contributed by atoms with van der Waals surface area (Å²) in [5, 5.41) is 6.77. The largest absolute Gasteiger partial charge is 0.352 e. The van der Waals surface area contributed by atoms with E-state index in [1.54, 1.807) is 0 Å². The lowest BCUT2D eigenvalue weighted by atomic mass is 9.71. The molecule has 0 aromatic heterocycles. The molecule has 1 amide bonds. The Labute approximate surface area is 117 Å². The van der Waals surface area contributed by atoms with Crippen molar-refractivity contribution in [2.24, 2.45) is 16.7 Å². The average Bonchev–Trinajstić information content (AvgIpc) is 2.82. The van der Waals surface area contributed by atoms with Gasteiger partial charge in [-0.3, -0.25) is 4.79 Å². The molecule has 1 aliphatic carbocycles. The summed E-state index contributed by atoms with van der Waals surface area (Å²) in [6.07, 6.45) is 5.90. The molecule has 1 saturated heterocycles. The minimum absolute atomic E-state index is 0.187. The first-order valence-corrected chi connectivity index (χ1v) is 7.90. The molecule has 2 atom stereocenters. The summed E-state index contributed by atoms with van der Waals surface area (Å²) < 4.78 is 0. The monoisotopic (exact) mass is 266 g/mol. The van der Waals surface area contributed by atoms with Crippen molar-refractivity contribution in [3.8, 4) is 0 Å². The van der Waals surface area contributed by atoms with Gasteiger partial charge in [-0.05, 0) is 37.1 Å². The highest BCUT2D eigenvalue weighted by atomic mass is 16.2. The van der Waals surface area contributed by atoms with Gasteiger partial charge in [-0.2, -0.15) is 0 Å². The standard InChI is InChI=1S/C16H30N2O/c1-12(2)16(9-10-17-11-16)14(19)18-13-7-5-6-8-15(13,3)4/h12-13,17H,5-11H2,1-4H3,(H,18,19). The Balaban J connectivity index is 2.07. The van der Waals surface area contributed by atoms with Crippen molar-refractivity contribution in [2.45, 2.75) is 65.8 Å². The van der Waals surface area contributed by atoms with E-state index in [0.29, 0.717) is 12.0 Å². The fourth-order valence-electron chi connectivity index (χ4n) is 3.72. The Morgan fingerprint density at radius 2 is 2.00 bits per heavy atom. The Kier molecular flexibility index (Phi) is 4.24. The van der Waals surface area contributed by atoms with E-state index in [-0.39, 0.29) is 16.7 Å². The Bertz CT molecular complexity index is 330. The number of hydrogen-bond acceptors (Lipinski definition) is 2. The fraction of sp³-hybridized carbons (Fsp3) is 0.938. The van der Waals surface area contributed by atoms with Gasteiger partial charge in [-0.1, -0.05) is 40.5 Å². The van der Waals surface area contributed by atoms with Crippen molar-refractivity contribution in [3.63, 3.8) is 0 Å². The molecule has 110 valence electrons. The molecular weight excluding hydrogens is 236 g/mol. The van der Waals surface area contributed by atoms with Crippen LogP contribution in [0.5, 0.6) is 0 Å². The van der Waals surface area contributed by atoms with Gasteiger partial charge < -0.3 is 10.6 Å². The van der Waals surface area contributed by atoms with Gasteiger partial charge in [-0.25, -0.2) is 0 Å². The molecule has 2 aliphatic rings. The van der Waals surface area contributed by atoms with E-state index in [2.05, 4.69) is 38.3 Å². The second-order valence-corrected chi connectivity index (χ2v) is 7.50. The van der Waals surface area contributed by atoms with Crippen molar-refractivity contribution in [2.75, 3.05) is 13.1 Å². The molecule has 0 aromatic rings. The van der Waals surface area contributed by atoms with Crippen LogP contribution in [0.3, 0.4) is 0 Å². The molecule has 1 aliphatic heterocycles. The van der Waals surface area contributed by atoms with E-state index >= 15 is 0 Å². The van der Waals surface area contributed by atoms with Gasteiger partial charge in [0, 0.05) is 12.6 Å². The summed E-state index contributed by atoms with van der Waals surface area (Å²) >= 11 is 0. The third kappa shape index (κ3) is 2.81. The highest BCUT2D eigenvalue weighted by molar-refractivity contribution is 5.84. The van der Waals surface area contributed by atoms with Crippen LogP contribution in [-0.4, -0.2) is 25.0 Å². The van der Waals surface area contributed by atoms with E-state index in [0.717, 1.165) is 25.9 Å². The Morgan fingerprint density at radius 3 is 2.53 bits per heavy atom. The van der Waals surface area contributed by atoms with Crippen molar-refractivity contribution in [3.05, 3.63) is 0 Å².